The molecule has 0 unspecified atom stereocenters. The summed E-state index contributed by atoms with van der Waals surface area (Å²) in [5.74, 6) is -0.899. The van der Waals surface area contributed by atoms with Crippen LogP contribution in [0.5, 0.6) is 0 Å². The molecule has 2 aliphatic carbocycles. The first kappa shape index (κ1) is 24.1. The van der Waals surface area contributed by atoms with Gasteiger partial charge < -0.3 is 9.15 Å². The van der Waals surface area contributed by atoms with Gasteiger partial charge in [0, 0.05) is 6.20 Å². The third-order valence-corrected chi connectivity index (χ3v) is 7.90. The number of hydrogen-bond acceptors (Lipinski definition) is 8. The third-order valence-electron chi connectivity index (χ3n) is 7.90. The van der Waals surface area contributed by atoms with Crippen LogP contribution in [0.4, 0.5) is 19.4 Å². The molecule has 2 atom stereocenters. The van der Waals surface area contributed by atoms with E-state index in [-0.39, 0.29) is 40.9 Å². The molecule has 0 radical (unpaired) electrons. The zero-order chi connectivity index (χ0) is 26.7. The molecule has 1 amide bonds. The van der Waals surface area contributed by atoms with Gasteiger partial charge in [-0.1, -0.05) is 19.9 Å². The van der Waals surface area contributed by atoms with Crippen LogP contribution in [0.3, 0.4) is 0 Å². The second-order valence-electron chi connectivity index (χ2n) is 10.0. The number of anilines is 1. The molecule has 6 rings (SSSR count). The van der Waals surface area contributed by atoms with E-state index < -0.39 is 23.1 Å². The molecule has 2 bridgehead atoms. The molecule has 1 N–H and O–H groups in total. The van der Waals surface area contributed by atoms with Crippen LogP contribution in [0.1, 0.15) is 56.5 Å². The first-order valence-corrected chi connectivity index (χ1v) is 12.3. The molecule has 4 aromatic rings. The Morgan fingerprint density at radius 2 is 1.95 bits per heavy atom. The highest BCUT2D eigenvalue weighted by atomic mass is 19.1. The second kappa shape index (κ2) is 8.64. The fourth-order valence-electron chi connectivity index (χ4n) is 6.15. The van der Waals surface area contributed by atoms with Crippen molar-refractivity contribution in [2.75, 3.05) is 11.9 Å². The molecule has 2 aliphatic rings. The largest absolute Gasteiger partial charge is 0.450 e. The van der Waals surface area contributed by atoms with Crippen molar-refractivity contribution in [1.82, 2.24) is 25.1 Å². The Morgan fingerprint density at radius 3 is 2.71 bits per heavy atom. The van der Waals surface area contributed by atoms with Crippen LogP contribution in [0.15, 0.2) is 47.3 Å². The summed E-state index contributed by atoms with van der Waals surface area (Å²) in [6.45, 7) is 6.23. The fraction of sp³-hybridized carbons (Fsp3) is 0.333. The lowest BCUT2D eigenvalue weighted by molar-refractivity contribution is 0.168. The van der Waals surface area contributed by atoms with Crippen molar-refractivity contribution in [3.05, 3.63) is 71.5 Å². The van der Waals surface area contributed by atoms with E-state index in [1.165, 1.54) is 30.7 Å². The number of ether oxygens (including phenoxy) is 1. The van der Waals surface area contributed by atoms with E-state index in [2.05, 4.69) is 39.3 Å². The first-order valence-electron chi connectivity index (χ1n) is 12.3. The number of carbonyl (C=O) groups is 1. The standard InChI is InChI=1S/C27H24F2N6O3/c1-4-37-25(36)33-21-13-38-24(32-21)19-11-30-12-20(31-19)27-9-8-15(26(27,2)3)14-10-18(34-35-23(14)27)22-16(28)6-5-7-17(22)29/h5-7,10-13,15H,4,8-9H2,1-3H3,(H,33,36)/t15-,27-/m0/s1. The highest BCUT2D eigenvalue weighted by molar-refractivity contribution is 5.83. The van der Waals surface area contributed by atoms with Crippen molar-refractivity contribution < 1.29 is 22.7 Å². The van der Waals surface area contributed by atoms with Crippen LogP contribution < -0.4 is 5.32 Å². The summed E-state index contributed by atoms with van der Waals surface area (Å²) in [6, 6.07) is 5.50. The number of carbonyl (C=O) groups excluding carboxylic acids is 1. The highest BCUT2D eigenvalue weighted by Gasteiger charge is 2.65. The summed E-state index contributed by atoms with van der Waals surface area (Å²) in [5, 5.41) is 11.3. The molecule has 0 saturated heterocycles. The molecule has 38 heavy (non-hydrogen) atoms. The molecule has 194 valence electrons. The van der Waals surface area contributed by atoms with Crippen LogP contribution >= 0.6 is 0 Å². The Bertz CT molecular complexity index is 1550. The van der Waals surface area contributed by atoms with Gasteiger partial charge in [-0.2, -0.15) is 10.1 Å². The van der Waals surface area contributed by atoms with Crippen LogP contribution in [0.2, 0.25) is 0 Å². The van der Waals surface area contributed by atoms with Crippen molar-refractivity contribution >= 4 is 11.9 Å². The lowest BCUT2D eigenvalue weighted by Gasteiger charge is -2.37. The van der Waals surface area contributed by atoms with Gasteiger partial charge in [0.05, 0.1) is 40.9 Å². The van der Waals surface area contributed by atoms with Gasteiger partial charge in [0.25, 0.3) is 0 Å². The van der Waals surface area contributed by atoms with E-state index in [0.717, 1.165) is 24.1 Å². The molecule has 11 heteroatoms. The second-order valence-corrected chi connectivity index (χ2v) is 10.0. The van der Waals surface area contributed by atoms with E-state index in [0.29, 0.717) is 11.4 Å². The van der Waals surface area contributed by atoms with Gasteiger partial charge in [-0.3, -0.25) is 10.3 Å². The van der Waals surface area contributed by atoms with Crippen LogP contribution in [-0.2, 0) is 10.2 Å². The molecule has 0 spiro atoms. The minimum atomic E-state index is -0.683. The van der Waals surface area contributed by atoms with Crippen LogP contribution in [0, 0.1) is 17.0 Å². The van der Waals surface area contributed by atoms with Gasteiger partial charge in [-0.25, -0.2) is 18.6 Å². The number of oxazole rings is 1. The molecule has 1 aromatic carbocycles. The average Bonchev–Trinajstić information content (AvgIpc) is 3.51. The zero-order valence-electron chi connectivity index (χ0n) is 21.0. The topological polar surface area (TPSA) is 116 Å². The van der Waals surface area contributed by atoms with Crippen molar-refractivity contribution in [2.24, 2.45) is 5.41 Å². The number of amides is 1. The predicted molar refractivity (Wildman–Crippen MR) is 132 cm³/mol. The molecule has 3 aromatic heterocycles. The minimum Gasteiger partial charge on any atom is -0.450 e. The molecule has 1 fully saturated rings. The van der Waals surface area contributed by atoms with Crippen molar-refractivity contribution in [2.45, 2.75) is 44.9 Å². The molecule has 3 heterocycles. The quantitative estimate of drug-likeness (QED) is 0.361. The van der Waals surface area contributed by atoms with Crippen LogP contribution in [0.25, 0.3) is 22.8 Å². The smallest absolute Gasteiger partial charge is 0.412 e. The first-order chi connectivity index (χ1) is 18.3. The van der Waals surface area contributed by atoms with Gasteiger partial charge >= 0.3 is 6.09 Å². The summed E-state index contributed by atoms with van der Waals surface area (Å²) < 4.78 is 39.4. The van der Waals surface area contributed by atoms with E-state index in [1.807, 2.05) is 0 Å². The number of benzene rings is 1. The molecule has 1 saturated carbocycles. The summed E-state index contributed by atoms with van der Waals surface area (Å²) in [5.41, 5.74) is 1.76. The van der Waals surface area contributed by atoms with Crippen molar-refractivity contribution in [1.29, 1.82) is 0 Å². The predicted octanol–water partition coefficient (Wildman–Crippen LogP) is 5.64. The maximum atomic E-state index is 14.5. The number of aromatic nitrogens is 5. The van der Waals surface area contributed by atoms with E-state index in [1.54, 1.807) is 19.2 Å². The lowest BCUT2D eigenvalue weighted by atomic mass is 9.66. The zero-order valence-corrected chi connectivity index (χ0v) is 21.0. The van der Waals surface area contributed by atoms with Crippen LogP contribution in [-0.4, -0.2) is 37.8 Å². The maximum Gasteiger partial charge on any atom is 0.412 e. The van der Waals surface area contributed by atoms with E-state index >= 15 is 0 Å². The van der Waals surface area contributed by atoms with Crippen molar-refractivity contribution in [3.63, 3.8) is 0 Å². The Labute approximate surface area is 216 Å². The molecule has 9 nitrogen and oxygen atoms in total. The van der Waals surface area contributed by atoms with E-state index in [4.69, 9.17) is 14.1 Å². The number of nitrogens with zero attached hydrogens (tertiary/aromatic N) is 5. The number of nitrogens with one attached hydrogen (secondary N) is 1. The maximum absolute atomic E-state index is 14.5. The highest BCUT2D eigenvalue weighted by Crippen LogP contribution is 2.69. The monoisotopic (exact) mass is 518 g/mol. The van der Waals surface area contributed by atoms with Gasteiger partial charge in [-0.15, -0.1) is 5.10 Å². The van der Waals surface area contributed by atoms with Gasteiger partial charge in [0.15, 0.2) is 5.82 Å². The third kappa shape index (κ3) is 3.41. The molecule has 0 aliphatic heterocycles. The summed E-state index contributed by atoms with van der Waals surface area (Å²) in [6.07, 6.45) is 5.51. The summed E-state index contributed by atoms with van der Waals surface area (Å²) in [4.78, 5) is 25.3. The molecular weight excluding hydrogens is 494 g/mol. The Hall–Kier alpha value is -4.28. The number of halogens is 2. The van der Waals surface area contributed by atoms with Crippen molar-refractivity contribution in [3.8, 4) is 22.8 Å². The Kier molecular flexibility index (Phi) is 5.48. The fourth-order valence-corrected chi connectivity index (χ4v) is 6.15. The van der Waals surface area contributed by atoms with Gasteiger partial charge in [0.1, 0.15) is 23.6 Å². The Balaban J connectivity index is 1.41. The number of hydrogen-bond donors (Lipinski definition) is 1. The Morgan fingerprint density at radius 1 is 1.16 bits per heavy atom. The van der Waals surface area contributed by atoms with Gasteiger partial charge in [0.2, 0.25) is 5.89 Å². The summed E-state index contributed by atoms with van der Waals surface area (Å²) >= 11 is 0. The van der Waals surface area contributed by atoms with Gasteiger partial charge in [-0.05, 0) is 54.9 Å². The minimum absolute atomic E-state index is 0.0918. The van der Waals surface area contributed by atoms with E-state index in [9.17, 15) is 13.6 Å². The SMILES string of the molecule is CCOC(=O)Nc1coc(-c2cncc([C@@]34CC[C@@H](c5cc(-c6c(F)cccc6F)nnc53)C4(C)C)n2)n1. The normalized spacial score (nSPS) is 20.8. The number of fused-ring (bicyclic) bond motifs is 5. The number of rotatable bonds is 5. The lowest BCUT2D eigenvalue weighted by Crippen LogP contribution is -2.38. The summed E-state index contributed by atoms with van der Waals surface area (Å²) in [7, 11) is 0. The molecular formula is C27H24F2N6O3. The average molecular weight is 519 g/mol.